The third-order valence-electron chi connectivity index (χ3n) is 2.50. The fraction of sp³-hybridized carbons (Fsp3) is 0.0769. The number of benzene rings is 1. The number of hydrogen-bond donors (Lipinski definition) is 1. The van der Waals surface area contributed by atoms with E-state index in [0.717, 1.165) is 4.47 Å². The minimum absolute atomic E-state index is 0.0125. The Hall–Kier alpha value is -1.39. The van der Waals surface area contributed by atoms with Crippen LogP contribution in [0.5, 0.6) is 0 Å². The van der Waals surface area contributed by atoms with Gasteiger partial charge in [0.05, 0.1) is 5.02 Å². The lowest BCUT2D eigenvalue weighted by Crippen LogP contribution is -2.40. The Bertz CT molecular complexity index is 584. The van der Waals surface area contributed by atoms with Gasteiger partial charge in [0.1, 0.15) is 6.20 Å². The molecule has 2 aromatic rings. The summed E-state index contributed by atoms with van der Waals surface area (Å²) in [5.41, 5.74) is 6.43. The van der Waals surface area contributed by atoms with Crippen LogP contribution in [0.15, 0.2) is 47.1 Å². The highest BCUT2D eigenvalue weighted by molar-refractivity contribution is 9.10. The number of rotatable bonds is 3. The summed E-state index contributed by atoms with van der Waals surface area (Å²) < 4.78 is 2.57. The predicted octanol–water partition coefficient (Wildman–Crippen LogP) is 2.86. The van der Waals surface area contributed by atoms with E-state index in [-0.39, 0.29) is 12.3 Å². The summed E-state index contributed by atoms with van der Waals surface area (Å²) in [4.78, 5) is 12.1. The molecule has 2 N–H and O–H groups in total. The van der Waals surface area contributed by atoms with Gasteiger partial charge in [0.2, 0.25) is 5.78 Å². The summed E-state index contributed by atoms with van der Waals surface area (Å²) in [5, 5.41) is 0.549. The second kappa shape index (κ2) is 5.50. The molecule has 0 saturated heterocycles. The molecule has 1 aromatic carbocycles. The molecule has 0 amide bonds. The van der Waals surface area contributed by atoms with Crippen LogP contribution < -0.4 is 10.3 Å². The molecule has 0 aliphatic heterocycles. The molecule has 0 aliphatic rings. The largest absolute Gasteiger partial charge is 0.290 e. The van der Waals surface area contributed by atoms with Crippen LogP contribution in [0.4, 0.5) is 5.82 Å². The third-order valence-corrected chi connectivity index (χ3v) is 3.26. The van der Waals surface area contributed by atoms with E-state index in [1.807, 2.05) is 12.1 Å². The number of nitrogens with two attached hydrogens (primary N) is 1. The van der Waals surface area contributed by atoms with Crippen molar-refractivity contribution in [3.05, 3.63) is 57.7 Å². The summed E-state index contributed by atoms with van der Waals surface area (Å²) in [5.74, 6) is 0.492. The highest BCUT2D eigenvalue weighted by atomic mass is 79.9. The average molecular weight is 327 g/mol. The van der Waals surface area contributed by atoms with Crippen LogP contribution >= 0.6 is 27.5 Å². The molecular formula is C13H11BrClN2O+. The highest BCUT2D eigenvalue weighted by Gasteiger charge is 2.12. The van der Waals surface area contributed by atoms with Gasteiger partial charge in [-0.05, 0) is 18.2 Å². The van der Waals surface area contributed by atoms with Crippen LogP contribution in [0.3, 0.4) is 0 Å². The van der Waals surface area contributed by atoms with Crippen molar-refractivity contribution in [3.63, 3.8) is 0 Å². The number of anilines is 1. The van der Waals surface area contributed by atoms with E-state index in [4.69, 9.17) is 17.3 Å². The fourth-order valence-corrected chi connectivity index (χ4v) is 1.99. The molecule has 0 aliphatic carbocycles. The SMILES string of the molecule is Nc1ccc(Cl)c[n+]1CC(=O)c1ccc(Br)cc1. The molecule has 2 rings (SSSR count). The Labute approximate surface area is 118 Å². The highest BCUT2D eigenvalue weighted by Crippen LogP contribution is 2.11. The Kier molecular flexibility index (Phi) is 3.99. The van der Waals surface area contributed by atoms with Gasteiger partial charge in [0.15, 0.2) is 6.54 Å². The smallest absolute Gasteiger partial charge is 0.272 e. The van der Waals surface area contributed by atoms with Gasteiger partial charge in [-0.1, -0.05) is 39.7 Å². The lowest BCUT2D eigenvalue weighted by molar-refractivity contribution is -0.668. The fourth-order valence-electron chi connectivity index (χ4n) is 1.55. The number of carbonyl (C=O) groups excluding carboxylic acids is 1. The lowest BCUT2D eigenvalue weighted by Gasteiger charge is -2.03. The molecule has 3 nitrogen and oxygen atoms in total. The van der Waals surface area contributed by atoms with Crippen LogP contribution in [-0.4, -0.2) is 5.78 Å². The van der Waals surface area contributed by atoms with Crippen molar-refractivity contribution in [3.8, 4) is 0 Å². The van der Waals surface area contributed by atoms with Gasteiger partial charge < -0.3 is 0 Å². The molecule has 0 bridgehead atoms. The minimum Gasteiger partial charge on any atom is -0.290 e. The number of halogens is 2. The van der Waals surface area contributed by atoms with Gasteiger partial charge in [0, 0.05) is 16.1 Å². The molecule has 0 atom stereocenters. The van der Waals surface area contributed by atoms with Crippen LogP contribution in [0.1, 0.15) is 10.4 Å². The maximum Gasteiger partial charge on any atom is 0.272 e. The Morgan fingerprint density at radius 1 is 1.22 bits per heavy atom. The van der Waals surface area contributed by atoms with Crippen LogP contribution in [0, 0.1) is 0 Å². The maximum atomic E-state index is 12.1. The summed E-state index contributed by atoms with van der Waals surface area (Å²) in [6.07, 6.45) is 1.65. The summed E-state index contributed by atoms with van der Waals surface area (Å²) >= 11 is 9.20. The van der Waals surface area contributed by atoms with Crippen LogP contribution in [-0.2, 0) is 6.54 Å². The van der Waals surface area contributed by atoms with Gasteiger partial charge in [-0.25, -0.2) is 4.57 Å². The van der Waals surface area contributed by atoms with E-state index in [1.54, 1.807) is 35.0 Å². The van der Waals surface area contributed by atoms with Crippen molar-refractivity contribution in [2.75, 3.05) is 5.73 Å². The predicted molar refractivity (Wildman–Crippen MR) is 74.5 cm³/mol. The number of aromatic nitrogens is 1. The summed E-state index contributed by atoms with van der Waals surface area (Å²) in [6.45, 7) is 0.175. The first-order valence-corrected chi connectivity index (χ1v) is 6.46. The van der Waals surface area contributed by atoms with Gasteiger partial charge in [-0.2, -0.15) is 0 Å². The Balaban J connectivity index is 2.21. The second-order valence-electron chi connectivity index (χ2n) is 3.83. The van der Waals surface area contributed by atoms with E-state index in [1.165, 1.54) is 0 Å². The average Bonchev–Trinajstić information content (AvgIpc) is 2.34. The molecule has 0 radical (unpaired) electrons. The second-order valence-corrected chi connectivity index (χ2v) is 5.18. The van der Waals surface area contributed by atoms with Crippen molar-refractivity contribution < 1.29 is 9.36 Å². The van der Waals surface area contributed by atoms with Crippen molar-refractivity contribution in [1.82, 2.24) is 0 Å². The van der Waals surface area contributed by atoms with Crippen molar-refractivity contribution in [2.24, 2.45) is 0 Å². The van der Waals surface area contributed by atoms with Crippen LogP contribution in [0.2, 0.25) is 5.02 Å². The van der Waals surface area contributed by atoms with E-state index in [0.29, 0.717) is 16.4 Å². The van der Waals surface area contributed by atoms with Gasteiger partial charge >= 0.3 is 0 Å². The number of nitrogen functional groups attached to an aromatic ring is 1. The molecule has 1 aromatic heterocycles. The molecule has 0 unspecified atom stereocenters. The number of Topliss-reactive ketones (excluding diaryl/α,β-unsaturated/α-hetero) is 1. The summed E-state index contributed by atoms with van der Waals surface area (Å²) in [6, 6.07) is 10.6. The first-order chi connectivity index (χ1) is 8.56. The first-order valence-electron chi connectivity index (χ1n) is 5.29. The molecule has 1 heterocycles. The van der Waals surface area contributed by atoms with Crippen LogP contribution in [0.25, 0.3) is 0 Å². The van der Waals surface area contributed by atoms with Crippen molar-refractivity contribution in [1.29, 1.82) is 0 Å². The number of nitrogens with zero attached hydrogens (tertiary/aromatic N) is 1. The molecule has 0 fully saturated rings. The lowest BCUT2D eigenvalue weighted by atomic mass is 10.1. The molecule has 5 heteroatoms. The maximum absolute atomic E-state index is 12.1. The number of carbonyl (C=O) groups is 1. The van der Waals surface area contributed by atoms with E-state index < -0.39 is 0 Å². The third kappa shape index (κ3) is 3.09. The molecule has 0 spiro atoms. The monoisotopic (exact) mass is 325 g/mol. The topological polar surface area (TPSA) is 47.0 Å². The zero-order chi connectivity index (χ0) is 13.1. The van der Waals surface area contributed by atoms with Gasteiger partial charge in [0.25, 0.3) is 5.82 Å². The summed E-state index contributed by atoms with van der Waals surface area (Å²) in [7, 11) is 0. The van der Waals surface area contributed by atoms with Gasteiger partial charge in [-0.15, -0.1) is 0 Å². The zero-order valence-corrected chi connectivity index (χ0v) is 11.8. The normalized spacial score (nSPS) is 10.3. The number of hydrogen-bond acceptors (Lipinski definition) is 2. The van der Waals surface area contributed by atoms with E-state index in [9.17, 15) is 4.79 Å². The minimum atomic E-state index is -0.0125. The Morgan fingerprint density at radius 2 is 1.89 bits per heavy atom. The molecule has 18 heavy (non-hydrogen) atoms. The standard InChI is InChI=1S/C13H10BrClN2O/c14-10-3-1-9(2-4-10)12(18)8-17-7-11(15)5-6-13(17)16/h1-7,16H,8H2/p+1. The molecule has 92 valence electrons. The number of pyridine rings is 1. The van der Waals surface area contributed by atoms with E-state index >= 15 is 0 Å². The quantitative estimate of drug-likeness (QED) is 0.696. The van der Waals surface area contributed by atoms with E-state index in [2.05, 4.69) is 15.9 Å². The Morgan fingerprint density at radius 3 is 2.56 bits per heavy atom. The van der Waals surface area contributed by atoms with Crippen molar-refractivity contribution >= 4 is 39.1 Å². The molecular weight excluding hydrogens is 316 g/mol. The molecule has 0 saturated carbocycles. The first kappa shape index (κ1) is 13.1. The van der Waals surface area contributed by atoms with Gasteiger partial charge in [-0.3, -0.25) is 10.5 Å². The van der Waals surface area contributed by atoms with Crippen molar-refractivity contribution in [2.45, 2.75) is 6.54 Å². The zero-order valence-electron chi connectivity index (χ0n) is 9.44. The number of ketones is 1.